The van der Waals surface area contributed by atoms with Crippen molar-refractivity contribution in [2.24, 2.45) is 0 Å². The molecule has 1 atom stereocenters. The maximum absolute atomic E-state index is 13.2. The van der Waals surface area contributed by atoms with Gasteiger partial charge in [-0.05, 0) is 54.8 Å². The first-order valence-corrected chi connectivity index (χ1v) is 6.48. The van der Waals surface area contributed by atoms with E-state index in [4.69, 9.17) is 0 Å². The van der Waals surface area contributed by atoms with Gasteiger partial charge in [0.05, 0.1) is 12.2 Å². The fourth-order valence-electron chi connectivity index (χ4n) is 2.13. The molecule has 0 aliphatic heterocycles. The summed E-state index contributed by atoms with van der Waals surface area (Å²) in [6.07, 6.45) is 4.46. The van der Waals surface area contributed by atoms with E-state index in [-0.39, 0.29) is 11.9 Å². The number of nitrogens with one attached hydrogen (secondary N) is 1. The van der Waals surface area contributed by atoms with E-state index in [9.17, 15) is 4.39 Å². The lowest BCUT2D eigenvalue weighted by Crippen LogP contribution is -2.24. The molecule has 0 spiro atoms. The highest BCUT2D eigenvalue weighted by atomic mass is 19.1. The first kappa shape index (κ1) is 13.6. The van der Waals surface area contributed by atoms with E-state index in [2.05, 4.69) is 22.4 Å². The molecule has 2 aromatic rings. The van der Waals surface area contributed by atoms with Crippen LogP contribution in [0.5, 0.6) is 0 Å². The van der Waals surface area contributed by atoms with Gasteiger partial charge in [0.15, 0.2) is 0 Å². The number of benzene rings is 1. The van der Waals surface area contributed by atoms with Gasteiger partial charge in [0, 0.05) is 6.20 Å². The van der Waals surface area contributed by atoms with Gasteiger partial charge < -0.3 is 5.32 Å². The molecule has 0 amide bonds. The molecule has 1 heterocycles. The van der Waals surface area contributed by atoms with Crippen LogP contribution in [0.1, 0.15) is 36.1 Å². The molecule has 0 aliphatic rings. The molecule has 0 saturated heterocycles. The Hall–Kier alpha value is -1.81. The number of rotatable bonds is 5. The van der Waals surface area contributed by atoms with Crippen LogP contribution in [-0.4, -0.2) is 16.7 Å². The van der Waals surface area contributed by atoms with E-state index < -0.39 is 0 Å². The predicted molar refractivity (Wildman–Crippen MR) is 73.3 cm³/mol. The summed E-state index contributed by atoms with van der Waals surface area (Å²) in [7, 11) is 0. The zero-order valence-electron chi connectivity index (χ0n) is 11.2. The average Bonchev–Trinajstić information content (AvgIpc) is 2.42. The molecule has 0 saturated carbocycles. The first-order chi connectivity index (χ1) is 9.22. The summed E-state index contributed by atoms with van der Waals surface area (Å²) in [5.41, 5.74) is 3.05. The quantitative estimate of drug-likeness (QED) is 0.897. The molecule has 0 aliphatic carbocycles. The van der Waals surface area contributed by atoms with Crippen LogP contribution in [-0.2, 0) is 0 Å². The number of aryl methyl sites for hydroxylation is 1. The summed E-state index contributed by atoms with van der Waals surface area (Å²) < 4.78 is 13.2. The zero-order valence-corrected chi connectivity index (χ0v) is 11.2. The molecule has 100 valence electrons. The van der Waals surface area contributed by atoms with Gasteiger partial charge in [-0.3, -0.25) is 0 Å². The fourth-order valence-corrected chi connectivity index (χ4v) is 2.13. The second kappa shape index (κ2) is 6.38. The van der Waals surface area contributed by atoms with Crippen LogP contribution in [0.4, 0.5) is 4.39 Å². The predicted octanol–water partition coefficient (Wildman–Crippen LogP) is 3.01. The van der Waals surface area contributed by atoms with Crippen molar-refractivity contribution in [1.82, 2.24) is 15.5 Å². The lowest BCUT2D eigenvalue weighted by Gasteiger charge is -2.21. The van der Waals surface area contributed by atoms with Gasteiger partial charge in [0.25, 0.3) is 0 Å². The number of hydrogen-bond acceptors (Lipinski definition) is 3. The molecule has 3 nitrogen and oxygen atoms in total. The van der Waals surface area contributed by atoms with Gasteiger partial charge in [-0.25, -0.2) is 4.39 Å². The van der Waals surface area contributed by atoms with Crippen molar-refractivity contribution in [3.63, 3.8) is 0 Å². The van der Waals surface area contributed by atoms with Gasteiger partial charge in [-0.1, -0.05) is 13.0 Å². The minimum absolute atomic E-state index is 0.0241. The molecule has 1 N–H and O–H groups in total. The van der Waals surface area contributed by atoms with E-state index in [1.807, 2.05) is 19.1 Å². The van der Waals surface area contributed by atoms with E-state index in [1.54, 1.807) is 18.5 Å². The SMILES string of the molecule is CCCNC(c1ccnnc1)c1ccc(F)cc1C. The average molecular weight is 259 g/mol. The normalized spacial score (nSPS) is 12.4. The smallest absolute Gasteiger partial charge is 0.123 e. The van der Waals surface area contributed by atoms with Crippen LogP contribution in [0, 0.1) is 12.7 Å². The van der Waals surface area contributed by atoms with Crippen molar-refractivity contribution < 1.29 is 4.39 Å². The highest BCUT2D eigenvalue weighted by molar-refractivity contribution is 5.35. The summed E-state index contributed by atoms with van der Waals surface area (Å²) in [5.74, 6) is -0.205. The van der Waals surface area contributed by atoms with Crippen LogP contribution in [0.25, 0.3) is 0 Å². The van der Waals surface area contributed by atoms with E-state index >= 15 is 0 Å². The highest BCUT2D eigenvalue weighted by Gasteiger charge is 2.16. The van der Waals surface area contributed by atoms with Gasteiger partial charge in [0.1, 0.15) is 5.82 Å². The van der Waals surface area contributed by atoms with Crippen molar-refractivity contribution in [1.29, 1.82) is 0 Å². The minimum atomic E-state index is -0.205. The molecule has 4 heteroatoms. The Morgan fingerprint density at radius 3 is 2.74 bits per heavy atom. The molecular formula is C15H18FN3. The summed E-state index contributed by atoms with van der Waals surface area (Å²) in [6.45, 7) is 4.93. The maximum Gasteiger partial charge on any atom is 0.123 e. The van der Waals surface area contributed by atoms with Crippen LogP contribution in [0.3, 0.4) is 0 Å². The molecule has 19 heavy (non-hydrogen) atoms. The lowest BCUT2D eigenvalue weighted by atomic mass is 9.96. The first-order valence-electron chi connectivity index (χ1n) is 6.48. The Morgan fingerprint density at radius 1 is 1.26 bits per heavy atom. The Kier molecular flexibility index (Phi) is 4.58. The zero-order chi connectivity index (χ0) is 13.7. The third kappa shape index (κ3) is 3.35. The van der Waals surface area contributed by atoms with Gasteiger partial charge in [0.2, 0.25) is 0 Å². The van der Waals surface area contributed by atoms with Crippen molar-refractivity contribution in [3.8, 4) is 0 Å². The Morgan fingerprint density at radius 2 is 2.11 bits per heavy atom. The molecular weight excluding hydrogens is 241 g/mol. The number of aromatic nitrogens is 2. The Balaban J connectivity index is 2.37. The van der Waals surface area contributed by atoms with Crippen LogP contribution in [0.15, 0.2) is 36.7 Å². The molecule has 0 bridgehead atoms. The summed E-state index contributed by atoms with van der Waals surface area (Å²) in [4.78, 5) is 0. The summed E-state index contributed by atoms with van der Waals surface area (Å²) in [6, 6.07) is 6.85. The van der Waals surface area contributed by atoms with Gasteiger partial charge in [-0.15, -0.1) is 0 Å². The number of nitrogens with zero attached hydrogens (tertiary/aromatic N) is 2. The highest BCUT2D eigenvalue weighted by Crippen LogP contribution is 2.24. The second-order valence-electron chi connectivity index (χ2n) is 4.56. The molecule has 1 unspecified atom stereocenters. The van der Waals surface area contributed by atoms with Crippen LogP contribution < -0.4 is 5.32 Å². The van der Waals surface area contributed by atoms with E-state index in [0.717, 1.165) is 29.7 Å². The third-order valence-electron chi connectivity index (χ3n) is 3.08. The van der Waals surface area contributed by atoms with Gasteiger partial charge in [-0.2, -0.15) is 10.2 Å². The van der Waals surface area contributed by atoms with Crippen molar-refractivity contribution in [2.45, 2.75) is 26.3 Å². The maximum atomic E-state index is 13.2. The summed E-state index contributed by atoms with van der Waals surface area (Å²) >= 11 is 0. The third-order valence-corrected chi connectivity index (χ3v) is 3.08. The largest absolute Gasteiger partial charge is 0.306 e. The lowest BCUT2D eigenvalue weighted by molar-refractivity contribution is 0.587. The molecule has 1 aromatic carbocycles. The standard InChI is InChI=1S/C15H18FN3/c1-3-7-17-15(12-6-8-18-19-10-12)14-5-4-13(16)9-11(14)2/h4-6,8-10,15,17H,3,7H2,1-2H3. The topological polar surface area (TPSA) is 37.8 Å². The van der Waals surface area contributed by atoms with Crippen molar-refractivity contribution >= 4 is 0 Å². The monoisotopic (exact) mass is 259 g/mol. The second-order valence-corrected chi connectivity index (χ2v) is 4.56. The van der Waals surface area contributed by atoms with Gasteiger partial charge >= 0.3 is 0 Å². The molecule has 0 radical (unpaired) electrons. The van der Waals surface area contributed by atoms with Crippen LogP contribution in [0.2, 0.25) is 0 Å². The fraction of sp³-hybridized carbons (Fsp3) is 0.333. The Labute approximate surface area is 112 Å². The van der Waals surface area contributed by atoms with Crippen LogP contribution >= 0.6 is 0 Å². The van der Waals surface area contributed by atoms with Crippen molar-refractivity contribution in [2.75, 3.05) is 6.54 Å². The van der Waals surface area contributed by atoms with E-state index in [0.29, 0.717) is 0 Å². The number of halogens is 1. The Bertz CT molecular complexity index is 528. The van der Waals surface area contributed by atoms with E-state index in [1.165, 1.54) is 6.07 Å². The molecule has 0 fully saturated rings. The summed E-state index contributed by atoms with van der Waals surface area (Å²) in [5, 5.41) is 11.2. The number of hydrogen-bond donors (Lipinski definition) is 1. The minimum Gasteiger partial charge on any atom is -0.306 e. The molecule has 2 rings (SSSR count). The van der Waals surface area contributed by atoms with Crippen molar-refractivity contribution in [3.05, 3.63) is 59.2 Å². The molecule has 1 aromatic heterocycles.